The Hall–Kier alpha value is -1.35. The van der Waals surface area contributed by atoms with Crippen molar-refractivity contribution < 1.29 is 4.79 Å². The Morgan fingerprint density at radius 1 is 1.16 bits per heavy atom. The van der Waals surface area contributed by atoms with E-state index in [4.69, 9.17) is 0 Å². The summed E-state index contributed by atoms with van der Waals surface area (Å²) >= 11 is 0. The fourth-order valence-corrected chi connectivity index (χ4v) is 2.37. The zero-order valence-corrected chi connectivity index (χ0v) is 12.2. The molecule has 0 bridgehead atoms. The molecule has 104 valence electrons. The molecule has 0 unspecified atom stereocenters. The number of rotatable bonds is 2. The lowest BCUT2D eigenvalue weighted by Gasteiger charge is -2.25. The first kappa shape index (κ1) is 14.1. The first-order valence-corrected chi connectivity index (χ1v) is 7.05. The summed E-state index contributed by atoms with van der Waals surface area (Å²) in [5.74, 6) is 0.211. The third-order valence-corrected chi connectivity index (χ3v) is 3.54. The largest absolute Gasteiger partial charge is 0.341 e. The van der Waals surface area contributed by atoms with Crippen LogP contribution in [0.15, 0.2) is 24.3 Å². The fourth-order valence-electron chi connectivity index (χ4n) is 2.37. The normalized spacial score (nSPS) is 15.8. The molecule has 0 atom stereocenters. The molecule has 1 aliphatic rings. The summed E-state index contributed by atoms with van der Waals surface area (Å²) in [5.41, 5.74) is 2.77. The minimum Gasteiger partial charge on any atom is -0.341 e. The Kier molecular flexibility index (Phi) is 4.25. The highest BCUT2D eigenvalue weighted by molar-refractivity contribution is 5.78. The highest BCUT2D eigenvalue weighted by Crippen LogP contribution is 2.15. The molecule has 3 heteroatoms. The molecule has 0 fully saturated rings. The van der Waals surface area contributed by atoms with Gasteiger partial charge in [0.25, 0.3) is 0 Å². The molecule has 0 saturated carbocycles. The van der Waals surface area contributed by atoms with E-state index in [0.717, 1.165) is 25.9 Å². The number of hydrogen-bond acceptors (Lipinski definition) is 2. The summed E-state index contributed by atoms with van der Waals surface area (Å²) in [6, 6.07) is 8.52. The second-order valence-corrected chi connectivity index (χ2v) is 6.25. The van der Waals surface area contributed by atoms with Crippen molar-refractivity contribution in [1.29, 1.82) is 0 Å². The Morgan fingerprint density at radius 2 is 1.68 bits per heavy atom. The molecule has 1 amide bonds. The molecule has 19 heavy (non-hydrogen) atoms. The molecule has 1 aliphatic heterocycles. The number of benzene rings is 1. The number of hydrogen-bond donors (Lipinski definition) is 1. The maximum atomic E-state index is 12.2. The number of carbonyl (C=O) groups is 1. The van der Waals surface area contributed by atoms with Crippen LogP contribution < -0.4 is 5.32 Å². The minimum absolute atomic E-state index is 0.00945. The first-order valence-electron chi connectivity index (χ1n) is 7.05. The van der Waals surface area contributed by atoms with E-state index in [1.165, 1.54) is 11.1 Å². The quantitative estimate of drug-likeness (QED) is 0.882. The number of nitrogens with zero attached hydrogens (tertiary/aromatic N) is 1. The van der Waals surface area contributed by atoms with Crippen molar-refractivity contribution >= 4 is 5.91 Å². The van der Waals surface area contributed by atoms with Gasteiger partial charge < -0.3 is 10.2 Å². The summed E-state index contributed by atoms with van der Waals surface area (Å²) in [7, 11) is 0. The highest BCUT2D eigenvalue weighted by Gasteiger charge is 2.19. The summed E-state index contributed by atoms with van der Waals surface area (Å²) in [4.78, 5) is 14.2. The van der Waals surface area contributed by atoms with E-state index in [1.807, 2.05) is 4.90 Å². The van der Waals surface area contributed by atoms with Crippen LogP contribution in [0, 0.1) is 0 Å². The molecule has 1 heterocycles. The number of nitrogens with one attached hydrogen (secondary N) is 1. The molecule has 2 rings (SSSR count). The van der Waals surface area contributed by atoms with E-state index in [9.17, 15) is 4.79 Å². The average molecular weight is 260 g/mol. The third kappa shape index (κ3) is 4.06. The predicted octanol–water partition coefficient (Wildman–Crippen LogP) is 2.00. The maximum Gasteiger partial charge on any atom is 0.236 e. The van der Waals surface area contributed by atoms with Crippen LogP contribution in [0.4, 0.5) is 0 Å². The van der Waals surface area contributed by atoms with Gasteiger partial charge in [0.2, 0.25) is 5.91 Å². The van der Waals surface area contributed by atoms with Crippen LogP contribution in [-0.2, 0) is 17.6 Å². The van der Waals surface area contributed by atoms with Crippen molar-refractivity contribution in [3.05, 3.63) is 35.4 Å². The molecular weight excluding hydrogens is 236 g/mol. The van der Waals surface area contributed by atoms with Gasteiger partial charge in [-0.1, -0.05) is 24.3 Å². The van der Waals surface area contributed by atoms with Crippen molar-refractivity contribution in [3.8, 4) is 0 Å². The lowest BCUT2D eigenvalue weighted by molar-refractivity contribution is -0.130. The lowest BCUT2D eigenvalue weighted by atomic mass is 10.0. The molecule has 1 N–H and O–H groups in total. The van der Waals surface area contributed by atoms with Crippen LogP contribution in [0.2, 0.25) is 0 Å². The first-order chi connectivity index (χ1) is 8.96. The number of carbonyl (C=O) groups excluding carboxylic acids is 1. The Balaban J connectivity index is 1.92. The zero-order chi connectivity index (χ0) is 13.9. The summed E-state index contributed by atoms with van der Waals surface area (Å²) < 4.78 is 0. The monoisotopic (exact) mass is 260 g/mol. The third-order valence-electron chi connectivity index (χ3n) is 3.54. The van der Waals surface area contributed by atoms with Crippen LogP contribution in [0.1, 0.15) is 31.9 Å². The Morgan fingerprint density at radius 3 is 2.16 bits per heavy atom. The van der Waals surface area contributed by atoms with Crippen LogP contribution in [-0.4, -0.2) is 36.0 Å². The van der Waals surface area contributed by atoms with Crippen molar-refractivity contribution in [2.75, 3.05) is 19.6 Å². The number of fused-ring (bicyclic) bond motifs is 1. The van der Waals surface area contributed by atoms with E-state index in [2.05, 4.69) is 50.4 Å². The molecular formula is C16H24N2O. The summed E-state index contributed by atoms with van der Waals surface area (Å²) in [6.45, 7) is 8.35. The fraction of sp³-hybridized carbons (Fsp3) is 0.562. The van der Waals surface area contributed by atoms with E-state index in [1.54, 1.807) is 0 Å². The standard InChI is InChI=1S/C16H24N2O/c1-16(2,3)17-12-15(19)18-10-8-13-6-4-5-7-14(13)9-11-18/h4-7,17H,8-12H2,1-3H3. The molecule has 0 aromatic heterocycles. The maximum absolute atomic E-state index is 12.2. The smallest absolute Gasteiger partial charge is 0.236 e. The average Bonchev–Trinajstić information content (AvgIpc) is 2.57. The van der Waals surface area contributed by atoms with Crippen molar-refractivity contribution in [3.63, 3.8) is 0 Å². The van der Waals surface area contributed by atoms with Crippen molar-refractivity contribution in [2.45, 2.75) is 39.2 Å². The topological polar surface area (TPSA) is 32.3 Å². The predicted molar refractivity (Wildman–Crippen MR) is 78.2 cm³/mol. The van der Waals surface area contributed by atoms with Gasteiger partial charge in [-0.15, -0.1) is 0 Å². The zero-order valence-electron chi connectivity index (χ0n) is 12.2. The molecule has 0 aliphatic carbocycles. The lowest BCUT2D eigenvalue weighted by Crippen LogP contribution is -2.45. The SMILES string of the molecule is CC(C)(C)NCC(=O)N1CCc2ccccc2CC1. The Labute approximate surface area is 116 Å². The van der Waals surface area contributed by atoms with E-state index >= 15 is 0 Å². The van der Waals surface area contributed by atoms with Gasteiger partial charge in [-0.2, -0.15) is 0 Å². The second-order valence-electron chi connectivity index (χ2n) is 6.25. The summed E-state index contributed by atoms with van der Waals surface area (Å²) in [5, 5.41) is 3.27. The van der Waals surface area contributed by atoms with Gasteiger partial charge in [-0.05, 0) is 44.7 Å². The number of amides is 1. The molecule has 1 aromatic carbocycles. The van der Waals surface area contributed by atoms with Gasteiger partial charge >= 0.3 is 0 Å². The second kappa shape index (κ2) is 5.74. The summed E-state index contributed by atoms with van der Waals surface area (Å²) in [6.07, 6.45) is 1.94. The van der Waals surface area contributed by atoms with Crippen LogP contribution >= 0.6 is 0 Å². The van der Waals surface area contributed by atoms with E-state index in [-0.39, 0.29) is 11.4 Å². The molecule has 0 spiro atoms. The molecule has 0 radical (unpaired) electrons. The van der Waals surface area contributed by atoms with Crippen LogP contribution in [0.3, 0.4) is 0 Å². The van der Waals surface area contributed by atoms with Crippen LogP contribution in [0.25, 0.3) is 0 Å². The molecule has 3 nitrogen and oxygen atoms in total. The van der Waals surface area contributed by atoms with Gasteiger partial charge in [0.15, 0.2) is 0 Å². The molecule has 0 saturated heterocycles. The van der Waals surface area contributed by atoms with Gasteiger partial charge in [0.1, 0.15) is 0 Å². The Bertz CT molecular complexity index is 421. The van der Waals surface area contributed by atoms with Crippen LogP contribution in [0.5, 0.6) is 0 Å². The molecule has 1 aromatic rings. The minimum atomic E-state index is -0.00945. The van der Waals surface area contributed by atoms with Gasteiger partial charge in [0, 0.05) is 18.6 Å². The van der Waals surface area contributed by atoms with Gasteiger partial charge in [-0.3, -0.25) is 4.79 Å². The van der Waals surface area contributed by atoms with Gasteiger partial charge in [-0.25, -0.2) is 0 Å². The van der Waals surface area contributed by atoms with Crippen molar-refractivity contribution in [1.82, 2.24) is 10.2 Å². The van der Waals surface area contributed by atoms with Crippen molar-refractivity contribution in [2.24, 2.45) is 0 Å². The highest BCUT2D eigenvalue weighted by atomic mass is 16.2. The van der Waals surface area contributed by atoms with E-state index in [0.29, 0.717) is 6.54 Å². The van der Waals surface area contributed by atoms with Gasteiger partial charge in [0.05, 0.1) is 6.54 Å². The van der Waals surface area contributed by atoms with E-state index < -0.39 is 0 Å².